The van der Waals surface area contributed by atoms with E-state index < -0.39 is 12.1 Å². The molecule has 428 valence electrons. The van der Waals surface area contributed by atoms with Gasteiger partial charge < -0.3 is 20.3 Å². The summed E-state index contributed by atoms with van der Waals surface area (Å²) in [7, 11) is 0. The first-order valence-electron chi connectivity index (χ1n) is 32.9. The highest BCUT2D eigenvalue weighted by Gasteiger charge is 2.20. The number of aliphatic hydroxyl groups is 2. The van der Waals surface area contributed by atoms with Crippen LogP contribution >= 0.6 is 0 Å². The first-order valence-corrected chi connectivity index (χ1v) is 32.9. The number of carbonyl (C=O) groups excluding carboxylic acids is 2. The maximum Gasteiger partial charge on any atom is 0.305 e. The van der Waals surface area contributed by atoms with E-state index in [0.29, 0.717) is 25.9 Å². The number of amides is 1. The molecule has 0 aliphatic carbocycles. The third-order valence-corrected chi connectivity index (χ3v) is 15.6. The van der Waals surface area contributed by atoms with Crippen molar-refractivity contribution in [1.82, 2.24) is 5.32 Å². The number of rotatable bonds is 62. The Labute approximate surface area is 450 Å². The SMILES string of the molecule is CCCCCCCC/C=C\CCCCCCCC(=O)OCCCCCCCCCCCCCCCCCCCCCCCCCC(=O)NC(CO)C(O)CCCCCCCCCCCCCCCCCCC. The zero-order valence-electron chi connectivity index (χ0n) is 48.9. The Morgan fingerprint density at radius 3 is 0.986 bits per heavy atom. The van der Waals surface area contributed by atoms with Gasteiger partial charge in [-0.1, -0.05) is 321 Å². The topological polar surface area (TPSA) is 95.9 Å². The highest BCUT2D eigenvalue weighted by atomic mass is 16.5. The summed E-state index contributed by atoms with van der Waals surface area (Å²) in [4.78, 5) is 24.6. The fourth-order valence-electron chi connectivity index (χ4n) is 10.5. The van der Waals surface area contributed by atoms with Gasteiger partial charge in [0.05, 0.1) is 25.4 Å². The number of carbonyl (C=O) groups is 2. The molecule has 2 unspecified atom stereocenters. The Morgan fingerprint density at radius 1 is 0.375 bits per heavy atom. The average Bonchev–Trinajstić information content (AvgIpc) is 3.38. The van der Waals surface area contributed by atoms with E-state index >= 15 is 0 Å². The second-order valence-corrected chi connectivity index (χ2v) is 22.8. The summed E-state index contributed by atoms with van der Waals surface area (Å²) in [5.74, 6) is -0.0236. The van der Waals surface area contributed by atoms with Crippen molar-refractivity contribution in [3.05, 3.63) is 12.2 Å². The predicted octanol–water partition coefficient (Wildman–Crippen LogP) is 20.8. The van der Waals surface area contributed by atoms with E-state index in [4.69, 9.17) is 4.74 Å². The fourth-order valence-corrected chi connectivity index (χ4v) is 10.5. The molecule has 0 bridgehead atoms. The Balaban J connectivity index is 3.36. The lowest BCUT2D eigenvalue weighted by atomic mass is 10.0. The number of aliphatic hydroxyl groups excluding tert-OH is 2. The lowest BCUT2D eigenvalue weighted by Gasteiger charge is -2.22. The third kappa shape index (κ3) is 57.9. The van der Waals surface area contributed by atoms with Crippen molar-refractivity contribution in [1.29, 1.82) is 0 Å². The van der Waals surface area contributed by atoms with Crippen LogP contribution in [0, 0.1) is 0 Å². The Hall–Kier alpha value is -1.40. The van der Waals surface area contributed by atoms with Gasteiger partial charge in [0, 0.05) is 12.8 Å². The molecule has 6 heteroatoms. The Kier molecular flexibility index (Phi) is 60.9. The molecule has 0 saturated carbocycles. The lowest BCUT2D eigenvalue weighted by molar-refractivity contribution is -0.143. The summed E-state index contributed by atoms with van der Waals surface area (Å²) in [5.41, 5.74) is 0. The van der Waals surface area contributed by atoms with Crippen LogP contribution in [0.3, 0.4) is 0 Å². The molecule has 0 aromatic heterocycles. The van der Waals surface area contributed by atoms with Gasteiger partial charge in [0.25, 0.3) is 0 Å². The average molecular weight is 1020 g/mol. The summed E-state index contributed by atoms with van der Waals surface area (Å²) in [6, 6.07) is -0.541. The Morgan fingerprint density at radius 2 is 0.653 bits per heavy atom. The van der Waals surface area contributed by atoms with Gasteiger partial charge in [-0.05, 0) is 51.4 Å². The first-order chi connectivity index (χ1) is 35.5. The monoisotopic (exact) mass is 1020 g/mol. The molecule has 0 aromatic rings. The van der Waals surface area contributed by atoms with E-state index in [2.05, 4.69) is 31.3 Å². The maximum absolute atomic E-state index is 12.5. The molecule has 72 heavy (non-hydrogen) atoms. The molecule has 0 aliphatic heterocycles. The molecule has 0 heterocycles. The smallest absolute Gasteiger partial charge is 0.305 e. The molecule has 3 N–H and O–H groups in total. The quantitative estimate of drug-likeness (QED) is 0.0320. The molecule has 2 atom stereocenters. The van der Waals surface area contributed by atoms with Crippen LogP contribution in [-0.2, 0) is 14.3 Å². The van der Waals surface area contributed by atoms with Gasteiger partial charge in [-0.15, -0.1) is 0 Å². The molecular formula is C66H129NO5. The first kappa shape index (κ1) is 70.6. The van der Waals surface area contributed by atoms with Gasteiger partial charge in [0.2, 0.25) is 5.91 Å². The summed E-state index contributed by atoms with van der Waals surface area (Å²) in [5, 5.41) is 23.3. The van der Waals surface area contributed by atoms with Crippen molar-refractivity contribution < 1.29 is 24.5 Å². The molecule has 6 nitrogen and oxygen atoms in total. The highest BCUT2D eigenvalue weighted by molar-refractivity contribution is 5.76. The number of esters is 1. The van der Waals surface area contributed by atoms with E-state index in [0.717, 1.165) is 44.9 Å². The highest BCUT2D eigenvalue weighted by Crippen LogP contribution is 2.19. The van der Waals surface area contributed by atoms with Crippen molar-refractivity contribution in [2.24, 2.45) is 0 Å². The number of unbranched alkanes of at least 4 members (excludes halogenated alkanes) is 49. The minimum absolute atomic E-state index is 0.00741. The van der Waals surface area contributed by atoms with E-state index in [1.54, 1.807) is 0 Å². The van der Waals surface area contributed by atoms with Crippen molar-refractivity contribution >= 4 is 11.9 Å². The second kappa shape index (κ2) is 62.1. The zero-order chi connectivity index (χ0) is 52.2. The van der Waals surface area contributed by atoms with Gasteiger partial charge in [-0.25, -0.2) is 0 Å². The van der Waals surface area contributed by atoms with Crippen LogP contribution in [0.15, 0.2) is 12.2 Å². The van der Waals surface area contributed by atoms with Crippen LogP contribution in [0.5, 0.6) is 0 Å². The van der Waals surface area contributed by atoms with Crippen LogP contribution in [0.1, 0.15) is 373 Å². The van der Waals surface area contributed by atoms with Crippen LogP contribution in [-0.4, -0.2) is 47.4 Å². The van der Waals surface area contributed by atoms with Crippen LogP contribution in [0.25, 0.3) is 0 Å². The standard InChI is InChI=1S/C66H129NO5/c1-3-5-7-9-11-13-15-17-19-27-31-34-38-42-46-50-54-58-64(69)63(62-68)67-65(70)59-55-51-47-43-39-35-32-28-25-23-21-20-22-24-26-29-33-37-41-45-49-53-57-61-72-66(71)60-56-52-48-44-40-36-30-18-16-14-12-10-8-6-4-2/h18,30,63-64,68-69H,3-17,19-29,31-62H2,1-2H3,(H,67,70)/b30-18-. The van der Waals surface area contributed by atoms with Crippen LogP contribution in [0.2, 0.25) is 0 Å². The lowest BCUT2D eigenvalue weighted by Crippen LogP contribution is -2.45. The fraction of sp³-hybridized carbons (Fsp3) is 0.939. The zero-order valence-corrected chi connectivity index (χ0v) is 48.9. The molecule has 0 aromatic carbocycles. The van der Waals surface area contributed by atoms with Gasteiger partial charge >= 0.3 is 5.97 Å². The number of ether oxygens (including phenoxy) is 1. The molecule has 1 amide bonds. The van der Waals surface area contributed by atoms with E-state index in [1.165, 1.54) is 295 Å². The van der Waals surface area contributed by atoms with Gasteiger partial charge in [0.1, 0.15) is 0 Å². The molecule has 0 spiro atoms. The van der Waals surface area contributed by atoms with E-state index in [1.807, 2.05) is 0 Å². The number of allylic oxidation sites excluding steroid dienone is 2. The minimum atomic E-state index is -0.663. The minimum Gasteiger partial charge on any atom is -0.466 e. The third-order valence-electron chi connectivity index (χ3n) is 15.6. The van der Waals surface area contributed by atoms with Crippen LogP contribution < -0.4 is 5.32 Å². The van der Waals surface area contributed by atoms with E-state index in [9.17, 15) is 19.8 Å². The number of hydrogen-bond donors (Lipinski definition) is 3. The van der Waals surface area contributed by atoms with Crippen molar-refractivity contribution in [2.75, 3.05) is 13.2 Å². The van der Waals surface area contributed by atoms with E-state index in [-0.39, 0.29) is 18.5 Å². The summed E-state index contributed by atoms with van der Waals surface area (Å²) in [6.45, 7) is 4.98. The second-order valence-electron chi connectivity index (χ2n) is 22.8. The Bertz CT molecular complexity index is 1080. The van der Waals surface area contributed by atoms with Gasteiger partial charge in [-0.3, -0.25) is 9.59 Å². The molecule has 0 rings (SSSR count). The van der Waals surface area contributed by atoms with Crippen molar-refractivity contribution in [3.63, 3.8) is 0 Å². The summed E-state index contributed by atoms with van der Waals surface area (Å²) in [6.07, 6.45) is 75.2. The maximum atomic E-state index is 12.5. The molecule has 0 radical (unpaired) electrons. The van der Waals surface area contributed by atoms with Gasteiger partial charge in [0.15, 0.2) is 0 Å². The number of hydrogen-bond acceptors (Lipinski definition) is 5. The predicted molar refractivity (Wildman–Crippen MR) is 315 cm³/mol. The number of nitrogens with one attached hydrogen (secondary N) is 1. The van der Waals surface area contributed by atoms with Crippen molar-refractivity contribution in [3.8, 4) is 0 Å². The molecule has 0 saturated heterocycles. The molecular weight excluding hydrogens is 887 g/mol. The van der Waals surface area contributed by atoms with Crippen molar-refractivity contribution in [2.45, 2.75) is 386 Å². The summed E-state index contributed by atoms with van der Waals surface area (Å²) < 4.78 is 5.49. The van der Waals surface area contributed by atoms with Crippen LogP contribution in [0.4, 0.5) is 0 Å². The molecule has 0 fully saturated rings. The normalized spacial score (nSPS) is 12.6. The molecule has 0 aliphatic rings. The largest absolute Gasteiger partial charge is 0.466 e. The van der Waals surface area contributed by atoms with Gasteiger partial charge in [-0.2, -0.15) is 0 Å². The summed E-state index contributed by atoms with van der Waals surface area (Å²) >= 11 is 0.